The number of imidazole rings is 1. The first-order valence-electron chi connectivity index (χ1n) is 5.44. The first-order valence-corrected chi connectivity index (χ1v) is 5.82. The van der Waals surface area contributed by atoms with Crippen LogP contribution in [0.3, 0.4) is 0 Å². The van der Waals surface area contributed by atoms with Crippen LogP contribution in [0.2, 0.25) is 5.02 Å². The molecule has 17 heavy (non-hydrogen) atoms. The first-order chi connectivity index (χ1) is 8.20. The molecule has 1 unspecified atom stereocenters. The summed E-state index contributed by atoms with van der Waals surface area (Å²) in [6, 6.07) is 2.10. The lowest BCUT2D eigenvalue weighted by atomic mass is 10.1. The standard InChI is InChI=1S/C12H15ClN4/c1-14-11(12-7-17(2)8-16-12)5-9-3-4-15-6-10(9)13/h3-4,6-8,11,14H,5H2,1-2H3. The summed E-state index contributed by atoms with van der Waals surface area (Å²) < 4.78 is 1.94. The number of likely N-dealkylation sites (N-methyl/N-ethyl adjacent to an activating group) is 1. The second-order valence-electron chi connectivity index (χ2n) is 3.98. The Bertz CT molecular complexity index is 495. The fraction of sp³-hybridized carbons (Fsp3) is 0.333. The van der Waals surface area contributed by atoms with Gasteiger partial charge in [-0.15, -0.1) is 0 Å². The minimum absolute atomic E-state index is 0.163. The van der Waals surface area contributed by atoms with E-state index >= 15 is 0 Å². The van der Waals surface area contributed by atoms with Gasteiger partial charge in [0.15, 0.2) is 0 Å². The molecule has 0 bridgehead atoms. The zero-order valence-corrected chi connectivity index (χ0v) is 10.6. The molecule has 0 fully saturated rings. The van der Waals surface area contributed by atoms with Crippen molar-refractivity contribution in [3.05, 3.63) is 47.3 Å². The normalized spacial score (nSPS) is 12.6. The molecule has 2 aromatic heterocycles. The Morgan fingerprint density at radius 1 is 1.53 bits per heavy atom. The number of aromatic nitrogens is 3. The van der Waals surface area contributed by atoms with E-state index in [4.69, 9.17) is 11.6 Å². The molecule has 0 saturated carbocycles. The molecule has 2 heterocycles. The molecule has 90 valence electrons. The average molecular weight is 251 g/mol. The Morgan fingerprint density at radius 2 is 2.35 bits per heavy atom. The van der Waals surface area contributed by atoms with Gasteiger partial charge in [-0.1, -0.05) is 11.6 Å². The maximum Gasteiger partial charge on any atom is 0.0947 e. The highest BCUT2D eigenvalue weighted by Gasteiger charge is 2.14. The molecular formula is C12H15ClN4. The number of hydrogen-bond donors (Lipinski definition) is 1. The van der Waals surface area contributed by atoms with Crippen LogP contribution in [0.4, 0.5) is 0 Å². The highest BCUT2D eigenvalue weighted by Crippen LogP contribution is 2.21. The number of nitrogens with one attached hydrogen (secondary N) is 1. The van der Waals surface area contributed by atoms with Gasteiger partial charge >= 0.3 is 0 Å². The summed E-state index contributed by atoms with van der Waals surface area (Å²) in [4.78, 5) is 8.34. The first kappa shape index (κ1) is 12.1. The number of hydrogen-bond acceptors (Lipinski definition) is 3. The largest absolute Gasteiger partial charge is 0.340 e. The third-order valence-corrected chi connectivity index (χ3v) is 3.05. The molecule has 0 spiro atoms. The molecule has 1 N–H and O–H groups in total. The quantitative estimate of drug-likeness (QED) is 0.902. The average Bonchev–Trinajstić information content (AvgIpc) is 2.75. The lowest BCUT2D eigenvalue weighted by Crippen LogP contribution is -2.19. The molecule has 4 nitrogen and oxygen atoms in total. The van der Waals surface area contributed by atoms with E-state index in [-0.39, 0.29) is 6.04 Å². The number of rotatable bonds is 4. The van der Waals surface area contributed by atoms with Gasteiger partial charge in [0.25, 0.3) is 0 Å². The Kier molecular flexibility index (Phi) is 3.76. The SMILES string of the molecule is CNC(Cc1ccncc1Cl)c1cn(C)cn1. The van der Waals surface area contributed by atoms with Crippen molar-refractivity contribution in [3.63, 3.8) is 0 Å². The molecular weight excluding hydrogens is 236 g/mol. The second kappa shape index (κ2) is 5.29. The highest BCUT2D eigenvalue weighted by molar-refractivity contribution is 6.31. The van der Waals surface area contributed by atoms with Gasteiger partial charge in [0.05, 0.1) is 23.1 Å². The second-order valence-corrected chi connectivity index (χ2v) is 4.38. The van der Waals surface area contributed by atoms with Gasteiger partial charge in [0.2, 0.25) is 0 Å². The molecule has 2 rings (SSSR count). The fourth-order valence-corrected chi connectivity index (χ4v) is 1.95. The van der Waals surface area contributed by atoms with Gasteiger partial charge in [-0.25, -0.2) is 4.98 Å². The molecule has 1 atom stereocenters. The van der Waals surface area contributed by atoms with Gasteiger partial charge in [-0.2, -0.15) is 0 Å². The smallest absolute Gasteiger partial charge is 0.0947 e. The monoisotopic (exact) mass is 250 g/mol. The minimum atomic E-state index is 0.163. The van der Waals surface area contributed by atoms with Crippen molar-refractivity contribution in [2.75, 3.05) is 7.05 Å². The predicted octanol–water partition coefficient (Wildman–Crippen LogP) is 1.97. The maximum atomic E-state index is 6.10. The third kappa shape index (κ3) is 2.84. The summed E-state index contributed by atoms with van der Waals surface area (Å²) in [6.07, 6.45) is 8.04. The predicted molar refractivity (Wildman–Crippen MR) is 68.0 cm³/mol. The van der Waals surface area contributed by atoms with Gasteiger partial charge < -0.3 is 9.88 Å². The van der Waals surface area contributed by atoms with Crippen LogP contribution in [0, 0.1) is 0 Å². The Morgan fingerprint density at radius 3 is 2.94 bits per heavy atom. The number of halogens is 1. The molecule has 0 saturated heterocycles. The van der Waals surface area contributed by atoms with Gasteiger partial charge in [0.1, 0.15) is 0 Å². The summed E-state index contributed by atoms with van der Waals surface area (Å²) in [5.74, 6) is 0. The van der Waals surface area contributed by atoms with Crippen molar-refractivity contribution in [2.45, 2.75) is 12.5 Å². The van der Waals surface area contributed by atoms with Crippen molar-refractivity contribution in [2.24, 2.45) is 7.05 Å². The zero-order valence-electron chi connectivity index (χ0n) is 9.89. The van der Waals surface area contributed by atoms with E-state index in [0.717, 1.165) is 17.7 Å². The number of nitrogens with zero attached hydrogens (tertiary/aromatic N) is 3. The van der Waals surface area contributed by atoms with E-state index in [1.807, 2.05) is 30.9 Å². The Hall–Kier alpha value is -1.39. The van der Waals surface area contributed by atoms with Crippen LogP contribution >= 0.6 is 11.6 Å². The summed E-state index contributed by atoms with van der Waals surface area (Å²) >= 11 is 6.10. The lowest BCUT2D eigenvalue weighted by molar-refractivity contribution is 0.578. The number of aryl methyl sites for hydroxylation is 1. The van der Waals surface area contributed by atoms with E-state index in [2.05, 4.69) is 15.3 Å². The molecule has 0 amide bonds. The van der Waals surface area contributed by atoms with Crippen molar-refractivity contribution < 1.29 is 0 Å². The summed E-state index contributed by atoms with van der Waals surface area (Å²) in [5, 5.41) is 3.95. The van der Waals surface area contributed by atoms with Crippen molar-refractivity contribution in [3.8, 4) is 0 Å². The van der Waals surface area contributed by atoms with Gasteiger partial charge in [-0.3, -0.25) is 4.98 Å². The van der Waals surface area contributed by atoms with Crippen LogP contribution in [0.5, 0.6) is 0 Å². The third-order valence-electron chi connectivity index (χ3n) is 2.71. The molecule has 0 aliphatic rings. The molecule has 0 radical (unpaired) electrons. The van der Waals surface area contributed by atoms with Crippen LogP contribution in [0.25, 0.3) is 0 Å². The van der Waals surface area contributed by atoms with E-state index in [0.29, 0.717) is 5.02 Å². The van der Waals surface area contributed by atoms with E-state index in [1.54, 1.807) is 18.7 Å². The zero-order chi connectivity index (χ0) is 12.3. The van der Waals surface area contributed by atoms with Crippen LogP contribution in [-0.4, -0.2) is 21.6 Å². The van der Waals surface area contributed by atoms with Gasteiger partial charge in [-0.05, 0) is 25.1 Å². The maximum absolute atomic E-state index is 6.10. The summed E-state index contributed by atoms with van der Waals surface area (Å²) in [5.41, 5.74) is 2.09. The molecule has 2 aromatic rings. The minimum Gasteiger partial charge on any atom is -0.340 e. The highest BCUT2D eigenvalue weighted by atomic mass is 35.5. The molecule has 0 aromatic carbocycles. The number of pyridine rings is 1. The van der Waals surface area contributed by atoms with Gasteiger partial charge in [0, 0.05) is 25.6 Å². The summed E-state index contributed by atoms with van der Waals surface area (Å²) in [6.45, 7) is 0. The molecule has 0 aliphatic heterocycles. The van der Waals surface area contributed by atoms with Crippen LogP contribution in [0.15, 0.2) is 31.0 Å². The topological polar surface area (TPSA) is 42.7 Å². The van der Waals surface area contributed by atoms with Crippen molar-refractivity contribution >= 4 is 11.6 Å². The van der Waals surface area contributed by atoms with Crippen LogP contribution in [-0.2, 0) is 13.5 Å². The fourth-order valence-electron chi connectivity index (χ4n) is 1.76. The molecule has 5 heteroatoms. The van der Waals surface area contributed by atoms with E-state index in [9.17, 15) is 0 Å². The van der Waals surface area contributed by atoms with E-state index in [1.165, 1.54) is 0 Å². The van der Waals surface area contributed by atoms with Crippen molar-refractivity contribution in [1.82, 2.24) is 19.9 Å². The molecule has 0 aliphatic carbocycles. The lowest BCUT2D eigenvalue weighted by Gasteiger charge is -2.14. The Labute approximate surface area is 106 Å². The summed E-state index contributed by atoms with van der Waals surface area (Å²) in [7, 11) is 3.89. The van der Waals surface area contributed by atoms with Crippen molar-refractivity contribution in [1.29, 1.82) is 0 Å². The van der Waals surface area contributed by atoms with Crippen LogP contribution < -0.4 is 5.32 Å². The Balaban J connectivity index is 2.18. The van der Waals surface area contributed by atoms with Crippen LogP contribution in [0.1, 0.15) is 17.3 Å². The van der Waals surface area contributed by atoms with E-state index < -0.39 is 0 Å².